The molecule has 0 aliphatic carbocycles. The number of allylic oxidation sites excluding steroid dienone is 3. The number of benzene rings is 1. The Bertz CT molecular complexity index is 443. The van der Waals surface area contributed by atoms with Gasteiger partial charge >= 0.3 is 0 Å². The number of hydrogen-bond acceptors (Lipinski definition) is 1. The van der Waals surface area contributed by atoms with Gasteiger partial charge in [0.1, 0.15) is 5.75 Å². The van der Waals surface area contributed by atoms with Gasteiger partial charge in [-0.25, -0.2) is 0 Å². The minimum absolute atomic E-state index is 0.406. The first kappa shape index (κ1) is 15.3. The van der Waals surface area contributed by atoms with Crippen molar-refractivity contribution in [3.05, 3.63) is 66.8 Å². The molecule has 1 aromatic rings. The Balaban J connectivity index is 3.00. The van der Waals surface area contributed by atoms with Crippen LogP contribution in [0.15, 0.2) is 50.1 Å². The zero-order chi connectivity index (χ0) is 14.1. The third kappa shape index (κ3) is 4.78. The molecule has 1 nitrogen and oxygen atoms in total. The molecule has 19 heavy (non-hydrogen) atoms. The summed E-state index contributed by atoms with van der Waals surface area (Å²) >= 11 is 0. The lowest BCUT2D eigenvalue weighted by molar-refractivity contribution is 0.467. The van der Waals surface area contributed by atoms with Gasteiger partial charge in [-0.1, -0.05) is 24.3 Å². The summed E-state index contributed by atoms with van der Waals surface area (Å²) in [5.74, 6) is 0.406. The second-order valence-electron chi connectivity index (χ2n) is 4.73. The number of aromatic hydroxyl groups is 1. The molecular weight excluding hydrogens is 232 g/mol. The highest BCUT2D eigenvalue weighted by Crippen LogP contribution is 2.26. The highest BCUT2D eigenvalue weighted by Gasteiger charge is 2.08. The second kappa shape index (κ2) is 8.36. The van der Waals surface area contributed by atoms with Gasteiger partial charge < -0.3 is 5.11 Å². The van der Waals surface area contributed by atoms with Gasteiger partial charge in [-0.3, -0.25) is 0 Å². The number of phenols is 1. The molecule has 0 fully saturated rings. The van der Waals surface area contributed by atoms with Crippen molar-refractivity contribution in [1.29, 1.82) is 0 Å². The monoisotopic (exact) mass is 256 g/mol. The van der Waals surface area contributed by atoms with E-state index in [1.807, 2.05) is 24.3 Å². The van der Waals surface area contributed by atoms with Crippen LogP contribution in [-0.4, -0.2) is 5.11 Å². The van der Waals surface area contributed by atoms with Crippen molar-refractivity contribution in [2.24, 2.45) is 0 Å². The molecule has 0 heterocycles. The van der Waals surface area contributed by atoms with E-state index in [2.05, 4.69) is 25.8 Å². The molecule has 0 radical (unpaired) electrons. The van der Waals surface area contributed by atoms with Crippen LogP contribution in [0.3, 0.4) is 0 Å². The summed E-state index contributed by atoms with van der Waals surface area (Å²) in [6.45, 7) is 11.3. The Morgan fingerprint density at radius 1 is 0.737 bits per heavy atom. The fourth-order valence-electron chi connectivity index (χ4n) is 2.17. The van der Waals surface area contributed by atoms with Gasteiger partial charge in [-0.2, -0.15) is 0 Å². The van der Waals surface area contributed by atoms with E-state index in [1.165, 1.54) is 11.1 Å². The molecule has 0 saturated carbocycles. The molecular formula is C18H24O. The van der Waals surface area contributed by atoms with Crippen LogP contribution in [0.2, 0.25) is 0 Å². The van der Waals surface area contributed by atoms with Crippen molar-refractivity contribution in [3.63, 3.8) is 0 Å². The summed E-state index contributed by atoms with van der Waals surface area (Å²) in [6, 6.07) is 4.06. The van der Waals surface area contributed by atoms with E-state index in [-0.39, 0.29) is 0 Å². The topological polar surface area (TPSA) is 20.2 Å². The van der Waals surface area contributed by atoms with E-state index < -0.39 is 0 Å². The summed E-state index contributed by atoms with van der Waals surface area (Å²) in [5.41, 5.74) is 3.56. The van der Waals surface area contributed by atoms with E-state index in [9.17, 15) is 5.11 Å². The molecule has 102 valence electrons. The van der Waals surface area contributed by atoms with Crippen LogP contribution in [0.5, 0.6) is 5.75 Å². The Labute approximate surface area is 117 Å². The average Bonchev–Trinajstić information content (AvgIpc) is 2.42. The fraction of sp³-hybridized carbons (Fsp3) is 0.333. The predicted molar refractivity (Wildman–Crippen MR) is 83.7 cm³/mol. The van der Waals surface area contributed by atoms with Gasteiger partial charge in [0, 0.05) is 0 Å². The van der Waals surface area contributed by atoms with Crippen LogP contribution in [0, 0.1) is 0 Å². The SMILES string of the molecule is C=CCCc1cc(CCC=C)c(CCC=C)cc1O. The Kier molecular flexibility index (Phi) is 6.73. The molecule has 0 aromatic heterocycles. The maximum Gasteiger partial charge on any atom is 0.119 e. The average molecular weight is 256 g/mol. The standard InChI is InChI=1S/C18H24O/c1-4-7-10-15-13-17(12-9-6-3)18(19)14-16(15)11-8-5-2/h4-6,13-14,19H,1-3,7-12H2. The van der Waals surface area contributed by atoms with E-state index in [0.717, 1.165) is 44.1 Å². The van der Waals surface area contributed by atoms with Gasteiger partial charge in [0.2, 0.25) is 0 Å². The van der Waals surface area contributed by atoms with Crippen molar-refractivity contribution in [3.8, 4) is 5.75 Å². The van der Waals surface area contributed by atoms with Crippen molar-refractivity contribution in [2.45, 2.75) is 38.5 Å². The van der Waals surface area contributed by atoms with Crippen LogP contribution in [0.1, 0.15) is 36.0 Å². The third-order valence-electron chi connectivity index (χ3n) is 3.25. The lowest BCUT2D eigenvalue weighted by Crippen LogP contribution is -1.97. The van der Waals surface area contributed by atoms with Crippen molar-refractivity contribution < 1.29 is 5.11 Å². The van der Waals surface area contributed by atoms with Crippen LogP contribution < -0.4 is 0 Å². The Hall–Kier alpha value is -1.76. The summed E-state index contributed by atoms with van der Waals surface area (Å²) in [4.78, 5) is 0. The van der Waals surface area contributed by atoms with Gasteiger partial charge in [-0.05, 0) is 61.3 Å². The molecule has 1 heteroatoms. The lowest BCUT2D eigenvalue weighted by atomic mass is 9.94. The Morgan fingerprint density at radius 2 is 1.16 bits per heavy atom. The summed E-state index contributed by atoms with van der Waals surface area (Å²) in [7, 11) is 0. The van der Waals surface area contributed by atoms with Crippen molar-refractivity contribution in [2.75, 3.05) is 0 Å². The van der Waals surface area contributed by atoms with Crippen LogP contribution >= 0.6 is 0 Å². The van der Waals surface area contributed by atoms with Gasteiger partial charge in [0.25, 0.3) is 0 Å². The van der Waals surface area contributed by atoms with E-state index in [4.69, 9.17) is 0 Å². The minimum atomic E-state index is 0.406. The fourth-order valence-corrected chi connectivity index (χ4v) is 2.17. The molecule has 1 N–H and O–H groups in total. The normalized spacial score (nSPS) is 10.1. The maximum atomic E-state index is 10.1. The predicted octanol–water partition coefficient (Wildman–Crippen LogP) is 4.75. The zero-order valence-corrected chi connectivity index (χ0v) is 11.7. The quantitative estimate of drug-likeness (QED) is 0.632. The van der Waals surface area contributed by atoms with Gasteiger partial charge in [-0.15, -0.1) is 19.7 Å². The van der Waals surface area contributed by atoms with Crippen molar-refractivity contribution in [1.82, 2.24) is 0 Å². The van der Waals surface area contributed by atoms with Crippen molar-refractivity contribution >= 4 is 0 Å². The number of hydrogen-bond donors (Lipinski definition) is 1. The largest absolute Gasteiger partial charge is 0.508 e. The lowest BCUT2D eigenvalue weighted by Gasteiger charge is -2.13. The smallest absolute Gasteiger partial charge is 0.119 e. The first-order valence-corrected chi connectivity index (χ1v) is 6.89. The summed E-state index contributed by atoms with van der Waals surface area (Å²) in [5, 5.41) is 10.1. The third-order valence-corrected chi connectivity index (χ3v) is 3.25. The van der Waals surface area contributed by atoms with Crippen LogP contribution in [0.4, 0.5) is 0 Å². The molecule has 0 amide bonds. The van der Waals surface area contributed by atoms with Gasteiger partial charge in [0.05, 0.1) is 0 Å². The Morgan fingerprint density at radius 3 is 1.63 bits per heavy atom. The molecule has 0 spiro atoms. The van der Waals surface area contributed by atoms with Gasteiger partial charge in [0.15, 0.2) is 0 Å². The highest BCUT2D eigenvalue weighted by atomic mass is 16.3. The number of rotatable bonds is 9. The van der Waals surface area contributed by atoms with E-state index in [1.54, 1.807) is 0 Å². The molecule has 0 saturated heterocycles. The first-order chi connectivity index (χ1) is 9.22. The zero-order valence-electron chi connectivity index (χ0n) is 11.7. The molecule has 0 bridgehead atoms. The van der Waals surface area contributed by atoms with Crippen LogP contribution in [0.25, 0.3) is 0 Å². The first-order valence-electron chi connectivity index (χ1n) is 6.89. The van der Waals surface area contributed by atoms with Crippen LogP contribution in [-0.2, 0) is 19.3 Å². The molecule has 0 aliphatic rings. The molecule has 0 unspecified atom stereocenters. The molecule has 0 aliphatic heterocycles. The molecule has 1 rings (SSSR count). The summed E-state index contributed by atoms with van der Waals surface area (Å²) < 4.78 is 0. The minimum Gasteiger partial charge on any atom is -0.508 e. The highest BCUT2D eigenvalue weighted by molar-refractivity contribution is 5.42. The molecule has 1 aromatic carbocycles. The van der Waals surface area contributed by atoms with E-state index >= 15 is 0 Å². The molecule has 0 atom stereocenters. The number of aryl methyl sites for hydroxylation is 3. The number of phenolic OH excluding ortho intramolecular Hbond substituents is 1. The van der Waals surface area contributed by atoms with E-state index in [0.29, 0.717) is 5.75 Å². The second-order valence-corrected chi connectivity index (χ2v) is 4.73. The summed E-state index contributed by atoms with van der Waals surface area (Å²) in [6.07, 6.45) is 11.3. The maximum absolute atomic E-state index is 10.1.